The number of nitrogens with zero attached hydrogens (tertiary/aromatic N) is 1. The number of hydrogen-bond donors (Lipinski definition) is 0. The van der Waals surface area contributed by atoms with E-state index < -0.39 is 17.7 Å². The van der Waals surface area contributed by atoms with Crippen LogP contribution in [0.3, 0.4) is 0 Å². The molecule has 0 saturated carbocycles. The van der Waals surface area contributed by atoms with Gasteiger partial charge in [-0.05, 0) is 18.2 Å². The molecular weight excluding hydrogens is 342 g/mol. The second-order valence-corrected chi connectivity index (χ2v) is 5.02. The Bertz CT molecular complexity index is 705. The van der Waals surface area contributed by atoms with Gasteiger partial charge in [-0.15, -0.1) is 0 Å². The lowest BCUT2D eigenvalue weighted by molar-refractivity contribution is -0.137. The summed E-state index contributed by atoms with van der Waals surface area (Å²) >= 11 is 11.6. The zero-order valence-electron chi connectivity index (χ0n) is 10.8. The van der Waals surface area contributed by atoms with Crippen LogP contribution in [-0.4, -0.2) is 11.0 Å². The van der Waals surface area contributed by atoms with Crippen LogP contribution in [0.2, 0.25) is 10.0 Å². The Balaban J connectivity index is 2.09. The van der Waals surface area contributed by atoms with Gasteiger partial charge in [-0.3, -0.25) is 4.98 Å². The first-order valence-corrected chi connectivity index (χ1v) is 6.68. The zero-order chi connectivity index (χ0) is 16.3. The van der Waals surface area contributed by atoms with Crippen molar-refractivity contribution in [2.24, 2.45) is 0 Å². The first kappa shape index (κ1) is 16.6. The molecule has 3 nitrogen and oxygen atoms in total. The van der Waals surface area contributed by atoms with Gasteiger partial charge in [-0.2, -0.15) is 13.2 Å². The maximum atomic E-state index is 12.5. The van der Waals surface area contributed by atoms with Gasteiger partial charge in [0.25, 0.3) is 0 Å². The predicted octanol–water partition coefficient (Wildman–Crippen LogP) is 4.76. The van der Waals surface area contributed by atoms with Crippen molar-refractivity contribution < 1.29 is 22.7 Å². The van der Waals surface area contributed by atoms with Crippen LogP contribution in [-0.2, 0) is 17.5 Å². The molecule has 0 aliphatic heterocycles. The Morgan fingerprint density at radius 1 is 1.18 bits per heavy atom. The summed E-state index contributed by atoms with van der Waals surface area (Å²) < 4.78 is 42.4. The highest BCUT2D eigenvalue weighted by molar-refractivity contribution is 6.33. The minimum atomic E-state index is -4.54. The molecule has 0 spiro atoms. The quantitative estimate of drug-likeness (QED) is 0.749. The van der Waals surface area contributed by atoms with Crippen LogP contribution >= 0.6 is 23.2 Å². The molecule has 0 bridgehead atoms. The number of esters is 1. The van der Waals surface area contributed by atoms with E-state index in [2.05, 4.69) is 4.98 Å². The highest BCUT2D eigenvalue weighted by Crippen LogP contribution is 2.31. The minimum absolute atomic E-state index is 0.0232. The van der Waals surface area contributed by atoms with Crippen molar-refractivity contribution in [2.45, 2.75) is 12.8 Å². The molecule has 2 aromatic rings. The summed E-state index contributed by atoms with van der Waals surface area (Å²) in [5.74, 6) is -0.719. The van der Waals surface area contributed by atoms with Gasteiger partial charge in [0.2, 0.25) is 0 Å². The van der Waals surface area contributed by atoms with E-state index in [1.165, 1.54) is 12.1 Å². The highest BCUT2D eigenvalue weighted by atomic mass is 35.5. The Kier molecular flexibility index (Phi) is 4.93. The number of pyridine rings is 1. The summed E-state index contributed by atoms with van der Waals surface area (Å²) in [6.45, 7) is -0.360. The average Bonchev–Trinajstić information content (AvgIpc) is 2.45. The van der Waals surface area contributed by atoms with Gasteiger partial charge in [0, 0.05) is 6.20 Å². The van der Waals surface area contributed by atoms with Crippen LogP contribution in [0.1, 0.15) is 21.6 Å². The molecule has 1 aromatic carbocycles. The largest absolute Gasteiger partial charge is 0.455 e. The lowest BCUT2D eigenvalue weighted by Gasteiger charge is -2.10. The Labute approximate surface area is 133 Å². The molecular formula is C14H8Cl2F3NO2. The van der Waals surface area contributed by atoms with Crippen molar-refractivity contribution in [3.05, 3.63) is 63.4 Å². The van der Waals surface area contributed by atoms with Gasteiger partial charge < -0.3 is 4.74 Å². The van der Waals surface area contributed by atoms with E-state index in [9.17, 15) is 18.0 Å². The van der Waals surface area contributed by atoms with Gasteiger partial charge >= 0.3 is 12.1 Å². The smallest absolute Gasteiger partial charge is 0.417 e. The minimum Gasteiger partial charge on any atom is -0.455 e. The molecule has 2 rings (SSSR count). The zero-order valence-corrected chi connectivity index (χ0v) is 12.3. The molecule has 0 fully saturated rings. The van der Waals surface area contributed by atoms with Crippen molar-refractivity contribution in [1.82, 2.24) is 4.98 Å². The van der Waals surface area contributed by atoms with Gasteiger partial charge in [-0.25, -0.2) is 4.79 Å². The molecule has 0 radical (unpaired) electrons. The molecule has 22 heavy (non-hydrogen) atoms. The summed E-state index contributed by atoms with van der Waals surface area (Å²) in [6.07, 6.45) is -3.91. The molecule has 0 aliphatic carbocycles. The number of rotatable bonds is 3. The number of hydrogen-bond acceptors (Lipinski definition) is 3. The lowest BCUT2D eigenvalue weighted by Crippen LogP contribution is -2.09. The van der Waals surface area contributed by atoms with E-state index in [0.717, 1.165) is 6.07 Å². The van der Waals surface area contributed by atoms with Crippen molar-refractivity contribution in [2.75, 3.05) is 0 Å². The van der Waals surface area contributed by atoms with Crippen molar-refractivity contribution >= 4 is 29.2 Å². The predicted molar refractivity (Wildman–Crippen MR) is 74.8 cm³/mol. The summed E-state index contributed by atoms with van der Waals surface area (Å²) in [5, 5.41) is -0.0271. The third kappa shape index (κ3) is 3.90. The standard InChI is InChI=1S/C14H8Cl2F3NO2/c15-10-4-2-1-3-9(10)13(21)22-7-12-11(16)5-8(6-20-12)14(17,18)19/h1-6H,7H2. The van der Waals surface area contributed by atoms with Crippen molar-refractivity contribution in [1.29, 1.82) is 0 Å². The average molecular weight is 350 g/mol. The van der Waals surface area contributed by atoms with Crippen molar-refractivity contribution in [3.8, 4) is 0 Å². The van der Waals surface area contributed by atoms with Crippen molar-refractivity contribution in [3.63, 3.8) is 0 Å². The molecule has 1 aromatic heterocycles. The Morgan fingerprint density at radius 3 is 2.45 bits per heavy atom. The van der Waals surface area contributed by atoms with E-state index >= 15 is 0 Å². The first-order chi connectivity index (χ1) is 10.3. The fourth-order valence-corrected chi connectivity index (χ4v) is 2.00. The molecule has 0 unspecified atom stereocenters. The molecule has 116 valence electrons. The second-order valence-electron chi connectivity index (χ2n) is 4.21. The van der Waals surface area contributed by atoms with Crippen LogP contribution in [0.25, 0.3) is 0 Å². The molecule has 0 N–H and O–H groups in total. The molecule has 0 saturated heterocycles. The van der Waals surface area contributed by atoms with Crippen LogP contribution in [0, 0.1) is 0 Å². The molecule has 0 atom stereocenters. The Hall–Kier alpha value is -1.79. The fraction of sp³-hybridized carbons (Fsp3) is 0.143. The first-order valence-electron chi connectivity index (χ1n) is 5.92. The molecule has 8 heteroatoms. The summed E-state index contributed by atoms with van der Waals surface area (Å²) in [5.41, 5.74) is -0.805. The molecule has 1 heterocycles. The van der Waals surface area contributed by atoms with Gasteiger partial charge in [0.1, 0.15) is 6.61 Å². The van der Waals surface area contributed by atoms with E-state index in [1.807, 2.05) is 0 Å². The number of benzene rings is 1. The van der Waals surface area contributed by atoms with Crippen LogP contribution in [0.5, 0.6) is 0 Å². The number of carbonyl (C=O) groups excluding carboxylic acids is 1. The van der Waals surface area contributed by atoms with Crippen LogP contribution < -0.4 is 0 Å². The lowest BCUT2D eigenvalue weighted by atomic mass is 10.2. The number of aromatic nitrogens is 1. The van der Waals surface area contributed by atoms with E-state index in [4.69, 9.17) is 27.9 Å². The van der Waals surface area contributed by atoms with Gasteiger partial charge in [-0.1, -0.05) is 35.3 Å². The third-order valence-electron chi connectivity index (χ3n) is 2.68. The van der Waals surface area contributed by atoms with Crippen LogP contribution in [0.15, 0.2) is 36.5 Å². The number of alkyl halides is 3. The summed E-state index contributed by atoms with van der Waals surface area (Å²) in [7, 11) is 0. The monoisotopic (exact) mass is 349 g/mol. The number of carbonyl (C=O) groups is 1. The Morgan fingerprint density at radius 2 is 1.86 bits per heavy atom. The van der Waals surface area contributed by atoms with Crippen LogP contribution in [0.4, 0.5) is 13.2 Å². The van der Waals surface area contributed by atoms with E-state index in [1.54, 1.807) is 12.1 Å². The maximum absolute atomic E-state index is 12.5. The number of halogens is 5. The van der Waals surface area contributed by atoms with E-state index in [-0.39, 0.29) is 27.9 Å². The fourth-order valence-electron chi connectivity index (χ4n) is 1.57. The van der Waals surface area contributed by atoms with Gasteiger partial charge in [0.05, 0.1) is 26.9 Å². The topological polar surface area (TPSA) is 39.2 Å². The normalized spacial score (nSPS) is 11.3. The molecule has 0 amide bonds. The SMILES string of the molecule is O=C(OCc1ncc(C(F)(F)F)cc1Cl)c1ccccc1Cl. The highest BCUT2D eigenvalue weighted by Gasteiger charge is 2.31. The summed E-state index contributed by atoms with van der Waals surface area (Å²) in [4.78, 5) is 15.4. The maximum Gasteiger partial charge on any atom is 0.417 e. The van der Waals surface area contributed by atoms with Gasteiger partial charge in [0.15, 0.2) is 0 Å². The second kappa shape index (κ2) is 6.54. The third-order valence-corrected chi connectivity index (χ3v) is 3.34. The summed E-state index contributed by atoms with van der Waals surface area (Å²) in [6, 6.07) is 6.96. The molecule has 0 aliphatic rings. The number of ether oxygens (including phenoxy) is 1. The van der Waals surface area contributed by atoms with E-state index in [0.29, 0.717) is 6.20 Å².